The van der Waals surface area contributed by atoms with Crippen molar-refractivity contribution in [1.82, 2.24) is 0 Å². The zero-order valence-corrected chi connectivity index (χ0v) is 8.21. The number of hydrogen-bond acceptors (Lipinski definition) is 3. The Morgan fingerprint density at radius 2 is 2.38 bits per heavy atom. The summed E-state index contributed by atoms with van der Waals surface area (Å²) >= 11 is 0. The second-order valence-corrected chi connectivity index (χ2v) is 4.22. The molecule has 0 aromatic carbocycles. The summed E-state index contributed by atoms with van der Waals surface area (Å²) in [6.07, 6.45) is 2.79. The number of carbonyl (C=O) groups excluding carboxylic acids is 1. The zero-order chi connectivity index (χ0) is 9.47. The van der Waals surface area contributed by atoms with Crippen molar-refractivity contribution in [3.8, 4) is 0 Å². The van der Waals surface area contributed by atoms with E-state index in [1.54, 1.807) is 0 Å². The van der Waals surface area contributed by atoms with Gasteiger partial charge in [-0.1, -0.05) is 6.92 Å². The van der Waals surface area contributed by atoms with Crippen LogP contribution in [0.4, 0.5) is 0 Å². The molecule has 3 atom stereocenters. The average Bonchev–Trinajstić information content (AvgIpc) is 2.85. The van der Waals surface area contributed by atoms with E-state index >= 15 is 0 Å². The quantitative estimate of drug-likeness (QED) is 0.480. The van der Waals surface area contributed by atoms with Gasteiger partial charge < -0.3 is 9.47 Å². The fraction of sp³-hybridized carbons (Fsp3) is 0.900. The van der Waals surface area contributed by atoms with Crippen LogP contribution in [0.5, 0.6) is 0 Å². The predicted octanol–water partition coefficient (Wildman–Crippen LogP) is 1.36. The molecule has 3 heteroatoms. The molecule has 3 nitrogen and oxygen atoms in total. The van der Waals surface area contributed by atoms with Crippen LogP contribution in [0.3, 0.4) is 0 Å². The molecule has 13 heavy (non-hydrogen) atoms. The van der Waals surface area contributed by atoms with Crippen LogP contribution in [0.1, 0.15) is 26.2 Å². The Kier molecular flexibility index (Phi) is 2.06. The molecule has 2 fully saturated rings. The summed E-state index contributed by atoms with van der Waals surface area (Å²) in [5.74, 6) is 0.899. The van der Waals surface area contributed by atoms with E-state index in [2.05, 4.69) is 11.7 Å². The predicted molar refractivity (Wildman–Crippen MR) is 47.2 cm³/mol. The molecule has 1 saturated carbocycles. The van der Waals surface area contributed by atoms with E-state index in [9.17, 15) is 4.79 Å². The van der Waals surface area contributed by atoms with E-state index in [-0.39, 0.29) is 11.6 Å². The number of ether oxygens (including phenoxy) is 2. The van der Waals surface area contributed by atoms with Crippen LogP contribution in [0.15, 0.2) is 0 Å². The minimum absolute atomic E-state index is 0.0884. The van der Waals surface area contributed by atoms with Crippen LogP contribution in [0, 0.1) is 11.8 Å². The van der Waals surface area contributed by atoms with Gasteiger partial charge in [-0.2, -0.15) is 0 Å². The molecule has 2 rings (SSSR count). The highest BCUT2D eigenvalue weighted by atomic mass is 16.6. The normalized spacial score (nSPS) is 42.3. The molecule has 2 aliphatic rings. The van der Waals surface area contributed by atoms with Gasteiger partial charge in [0.1, 0.15) is 0 Å². The minimum Gasteiger partial charge on any atom is -0.469 e. The Morgan fingerprint density at radius 1 is 1.69 bits per heavy atom. The molecule has 3 unspecified atom stereocenters. The summed E-state index contributed by atoms with van der Waals surface area (Å²) < 4.78 is 10.1. The van der Waals surface area contributed by atoms with E-state index in [4.69, 9.17) is 4.74 Å². The standard InChI is InChI=1S/C10H16O3/c1-7-8(5-9(11)12-2)3-4-10(7)6-13-10/h7-8H,3-6H2,1-2H3. The lowest BCUT2D eigenvalue weighted by Gasteiger charge is -2.16. The highest BCUT2D eigenvalue weighted by Crippen LogP contribution is 2.51. The van der Waals surface area contributed by atoms with Crippen LogP contribution in [-0.4, -0.2) is 25.3 Å². The molecule has 0 bridgehead atoms. The van der Waals surface area contributed by atoms with E-state index in [1.165, 1.54) is 7.11 Å². The summed E-state index contributed by atoms with van der Waals surface area (Å²) in [4.78, 5) is 11.1. The van der Waals surface area contributed by atoms with Crippen molar-refractivity contribution in [3.05, 3.63) is 0 Å². The van der Waals surface area contributed by atoms with Gasteiger partial charge in [-0.15, -0.1) is 0 Å². The van der Waals surface area contributed by atoms with Crippen LogP contribution in [0.2, 0.25) is 0 Å². The average molecular weight is 184 g/mol. The lowest BCUT2D eigenvalue weighted by Crippen LogP contribution is -2.21. The monoisotopic (exact) mass is 184 g/mol. The van der Waals surface area contributed by atoms with Crippen molar-refractivity contribution >= 4 is 5.97 Å². The molecule has 1 aliphatic carbocycles. The number of rotatable bonds is 2. The van der Waals surface area contributed by atoms with Crippen LogP contribution in [0.25, 0.3) is 0 Å². The highest BCUT2D eigenvalue weighted by molar-refractivity contribution is 5.69. The topological polar surface area (TPSA) is 38.8 Å². The van der Waals surface area contributed by atoms with Crippen molar-refractivity contribution < 1.29 is 14.3 Å². The molecule has 0 aromatic rings. The second kappa shape index (κ2) is 2.98. The lowest BCUT2D eigenvalue weighted by molar-refractivity contribution is -0.142. The Balaban J connectivity index is 1.91. The number of esters is 1. The van der Waals surface area contributed by atoms with E-state index in [1.807, 2.05) is 0 Å². The molecule has 1 heterocycles. The first-order valence-corrected chi connectivity index (χ1v) is 4.89. The van der Waals surface area contributed by atoms with Gasteiger partial charge >= 0.3 is 5.97 Å². The zero-order valence-electron chi connectivity index (χ0n) is 8.21. The Labute approximate surface area is 78.4 Å². The van der Waals surface area contributed by atoms with Crippen molar-refractivity contribution in [2.75, 3.05) is 13.7 Å². The molecule has 0 N–H and O–H groups in total. The highest BCUT2D eigenvalue weighted by Gasteiger charge is 2.56. The largest absolute Gasteiger partial charge is 0.469 e. The maximum Gasteiger partial charge on any atom is 0.305 e. The van der Waals surface area contributed by atoms with Gasteiger partial charge in [0.05, 0.1) is 19.3 Å². The summed E-state index contributed by atoms with van der Waals surface area (Å²) in [6.45, 7) is 3.08. The Morgan fingerprint density at radius 3 is 2.85 bits per heavy atom. The molecule has 0 radical (unpaired) electrons. The Hall–Kier alpha value is -0.570. The Bertz CT molecular complexity index is 220. The number of methoxy groups -OCH3 is 1. The van der Waals surface area contributed by atoms with Gasteiger partial charge in [0.25, 0.3) is 0 Å². The van der Waals surface area contributed by atoms with Gasteiger partial charge in [0, 0.05) is 6.42 Å². The fourth-order valence-electron chi connectivity index (χ4n) is 2.41. The number of epoxide rings is 1. The summed E-state index contributed by atoms with van der Waals surface area (Å²) in [5, 5.41) is 0. The van der Waals surface area contributed by atoms with Crippen molar-refractivity contribution in [2.45, 2.75) is 31.8 Å². The molecule has 74 valence electrons. The van der Waals surface area contributed by atoms with E-state index in [0.717, 1.165) is 19.4 Å². The molecule has 1 saturated heterocycles. The van der Waals surface area contributed by atoms with Gasteiger partial charge in [-0.25, -0.2) is 0 Å². The maximum absolute atomic E-state index is 11.1. The summed E-state index contributed by atoms with van der Waals surface area (Å²) in [6, 6.07) is 0. The third-order valence-electron chi connectivity index (χ3n) is 3.65. The first-order chi connectivity index (χ1) is 6.18. The molecule has 1 aliphatic heterocycles. The second-order valence-electron chi connectivity index (χ2n) is 4.22. The van der Waals surface area contributed by atoms with Crippen LogP contribution >= 0.6 is 0 Å². The van der Waals surface area contributed by atoms with E-state index < -0.39 is 0 Å². The fourth-order valence-corrected chi connectivity index (χ4v) is 2.41. The van der Waals surface area contributed by atoms with Crippen molar-refractivity contribution in [2.24, 2.45) is 11.8 Å². The third kappa shape index (κ3) is 1.46. The van der Waals surface area contributed by atoms with Gasteiger partial charge in [0.2, 0.25) is 0 Å². The number of hydrogen-bond donors (Lipinski definition) is 0. The summed E-state index contributed by atoms with van der Waals surface area (Å²) in [7, 11) is 1.45. The van der Waals surface area contributed by atoms with Gasteiger partial charge in [-0.05, 0) is 24.7 Å². The molecular weight excluding hydrogens is 168 g/mol. The van der Waals surface area contributed by atoms with Gasteiger partial charge in [0.15, 0.2) is 0 Å². The third-order valence-corrected chi connectivity index (χ3v) is 3.65. The lowest BCUT2D eigenvalue weighted by atomic mass is 9.89. The molecule has 0 amide bonds. The van der Waals surface area contributed by atoms with Crippen molar-refractivity contribution in [3.63, 3.8) is 0 Å². The molecule has 1 spiro atoms. The SMILES string of the molecule is COC(=O)CC1CCC2(CO2)C1C. The van der Waals surface area contributed by atoms with Crippen molar-refractivity contribution in [1.29, 1.82) is 0 Å². The van der Waals surface area contributed by atoms with Crippen LogP contribution < -0.4 is 0 Å². The molecule has 0 aromatic heterocycles. The smallest absolute Gasteiger partial charge is 0.305 e. The first-order valence-electron chi connectivity index (χ1n) is 4.89. The van der Waals surface area contributed by atoms with Crippen LogP contribution in [-0.2, 0) is 14.3 Å². The van der Waals surface area contributed by atoms with E-state index in [0.29, 0.717) is 18.3 Å². The minimum atomic E-state index is -0.0884. The molecular formula is C10H16O3. The van der Waals surface area contributed by atoms with Gasteiger partial charge in [-0.3, -0.25) is 4.79 Å². The maximum atomic E-state index is 11.1. The number of carbonyl (C=O) groups is 1. The summed E-state index contributed by atoms with van der Waals surface area (Å²) in [5.41, 5.74) is 0.151. The first kappa shape index (κ1) is 9.00.